The fraction of sp³-hybridized carbons (Fsp3) is 0.417. The maximum Gasteiger partial charge on any atom is 0.309 e. The zero-order valence-electron chi connectivity index (χ0n) is 11.5. The smallest absolute Gasteiger partial charge is 0.309 e. The minimum Gasteiger partial charge on any atom is -0.469 e. The molecule has 1 aromatic carbocycles. The molecule has 0 saturated carbocycles. The van der Waals surface area contributed by atoms with E-state index in [0.717, 1.165) is 10.4 Å². The summed E-state index contributed by atoms with van der Waals surface area (Å²) in [6.07, 6.45) is 0. The lowest BCUT2D eigenvalue weighted by Gasteiger charge is -2.21. The van der Waals surface area contributed by atoms with Gasteiger partial charge in [-0.15, -0.1) is 0 Å². The molecule has 0 heterocycles. The highest BCUT2D eigenvalue weighted by atomic mass is 32.2. The van der Waals surface area contributed by atoms with Crippen LogP contribution in [0.5, 0.6) is 0 Å². The number of halogens is 1. The largest absolute Gasteiger partial charge is 0.469 e. The Balaban J connectivity index is 3.08. The van der Waals surface area contributed by atoms with Crippen molar-refractivity contribution < 1.29 is 22.3 Å². The van der Waals surface area contributed by atoms with E-state index in [9.17, 15) is 17.6 Å². The van der Waals surface area contributed by atoms with Gasteiger partial charge in [-0.2, -0.15) is 4.31 Å². The first-order valence-corrected chi connectivity index (χ1v) is 7.24. The van der Waals surface area contributed by atoms with Gasteiger partial charge in [-0.05, 0) is 12.1 Å². The quantitative estimate of drug-likeness (QED) is 0.643. The number of benzene rings is 1. The Labute approximate surface area is 117 Å². The van der Waals surface area contributed by atoms with Crippen molar-refractivity contribution >= 4 is 21.7 Å². The van der Waals surface area contributed by atoms with Crippen LogP contribution in [0.15, 0.2) is 23.1 Å². The normalized spacial score (nSPS) is 13.2. The molecule has 0 saturated heterocycles. The van der Waals surface area contributed by atoms with E-state index in [4.69, 9.17) is 5.73 Å². The van der Waals surface area contributed by atoms with Gasteiger partial charge in [0.1, 0.15) is 10.7 Å². The molecule has 0 aliphatic rings. The summed E-state index contributed by atoms with van der Waals surface area (Å²) in [4.78, 5) is 10.7. The van der Waals surface area contributed by atoms with Crippen LogP contribution >= 0.6 is 0 Å². The van der Waals surface area contributed by atoms with E-state index < -0.39 is 32.6 Å². The van der Waals surface area contributed by atoms with Crippen molar-refractivity contribution in [1.82, 2.24) is 4.31 Å². The van der Waals surface area contributed by atoms with Crippen LogP contribution in [0.1, 0.15) is 6.92 Å². The SMILES string of the molecule is COC(=O)C(C)CN(C)S(=O)(=O)c1c(N)cccc1F. The molecule has 0 bridgehead atoms. The molecule has 1 atom stereocenters. The Morgan fingerprint density at radius 2 is 2.10 bits per heavy atom. The van der Waals surface area contributed by atoms with Crippen LogP contribution in [-0.4, -0.2) is 39.4 Å². The summed E-state index contributed by atoms with van der Waals surface area (Å²) in [5.41, 5.74) is 5.35. The number of nitrogen functional groups attached to an aromatic ring is 1. The summed E-state index contributed by atoms with van der Waals surface area (Å²) in [6, 6.07) is 3.63. The number of ether oxygens (including phenoxy) is 1. The highest BCUT2D eigenvalue weighted by Gasteiger charge is 2.29. The van der Waals surface area contributed by atoms with Crippen molar-refractivity contribution in [1.29, 1.82) is 0 Å². The van der Waals surface area contributed by atoms with E-state index in [1.54, 1.807) is 0 Å². The van der Waals surface area contributed by atoms with Gasteiger partial charge in [0.05, 0.1) is 18.7 Å². The molecule has 0 aromatic heterocycles. The van der Waals surface area contributed by atoms with Gasteiger partial charge < -0.3 is 10.5 Å². The number of nitrogens with zero attached hydrogens (tertiary/aromatic N) is 1. The number of carbonyl (C=O) groups is 1. The lowest BCUT2D eigenvalue weighted by Crippen LogP contribution is -2.35. The highest BCUT2D eigenvalue weighted by Crippen LogP contribution is 2.25. The fourth-order valence-corrected chi connectivity index (χ4v) is 3.12. The molecule has 1 aromatic rings. The first-order chi connectivity index (χ1) is 9.21. The van der Waals surface area contributed by atoms with Crippen molar-refractivity contribution in [2.24, 2.45) is 5.92 Å². The predicted octanol–water partition coefficient (Wildman–Crippen LogP) is 0.838. The Kier molecular flexibility index (Phi) is 5.07. The van der Waals surface area contributed by atoms with Gasteiger partial charge in [0.2, 0.25) is 10.0 Å². The molecule has 20 heavy (non-hydrogen) atoms. The van der Waals surface area contributed by atoms with E-state index in [1.165, 1.54) is 33.2 Å². The first kappa shape index (κ1) is 16.4. The number of nitrogens with two attached hydrogens (primary N) is 1. The average Bonchev–Trinajstić information content (AvgIpc) is 2.36. The maximum atomic E-state index is 13.7. The number of methoxy groups -OCH3 is 1. The number of sulfonamides is 1. The van der Waals surface area contributed by atoms with Gasteiger partial charge in [-0.25, -0.2) is 12.8 Å². The van der Waals surface area contributed by atoms with Crippen LogP contribution in [0.25, 0.3) is 0 Å². The first-order valence-electron chi connectivity index (χ1n) is 5.80. The fourth-order valence-electron chi connectivity index (χ4n) is 1.71. The van der Waals surface area contributed by atoms with Crippen LogP contribution in [0.2, 0.25) is 0 Å². The van der Waals surface area contributed by atoms with Gasteiger partial charge in [0.15, 0.2) is 0 Å². The second-order valence-corrected chi connectivity index (χ2v) is 6.35. The second kappa shape index (κ2) is 6.19. The summed E-state index contributed by atoms with van der Waals surface area (Å²) in [5, 5.41) is 0. The number of carbonyl (C=O) groups excluding carboxylic acids is 1. The number of hydrogen-bond acceptors (Lipinski definition) is 5. The molecule has 0 aliphatic heterocycles. The third-order valence-corrected chi connectivity index (χ3v) is 4.72. The standard InChI is InChI=1S/C12H17FN2O4S/c1-8(12(16)19-3)7-15(2)20(17,18)11-9(13)5-4-6-10(11)14/h4-6,8H,7,14H2,1-3H3. The minimum absolute atomic E-state index is 0.136. The van der Waals surface area contributed by atoms with Crippen LogP contribution in [-0.2, 0) is 19.6 Å². The number of esters is 1. The number of anilines is 1. The molecular formula is C12H17FN2O4S. The summed E-state index contributed by atoms with van der Waals surface area (Å²) >= 11 is 0. The molecule has 6 nitrogen and oxygen atoms in total. The topological polar surface area (TPSA) is 89.7 Å². The van der Waals surface area contributed by atoms with E-state index in [0.29, 0.717) is 0 Å². The van der Waals surface area contributed by atoms with Crippen LogP contribution in [0.4, 0.5) is 10.1 Å². The summed E-state index contributed by atoms with van der Waals surface area (Å²) < 4.78 is 43.6. The summed E-state index contributed by atoms with van der Waals surface area (Å²) in [7, 11) is -1.65. The van der Waals surface area contributed by atoms with Crippen molar-refractivity contribution in [3.8, 4) is 0 Å². The van der Waals surface area contributed by atoms with Crippen molar-refractivity contribution in [3.05, 3.63) is 24.0 Å². The molecule has 1 unspecified atom stereocenters. The Morgan fingerprint density at radius 3 is 2.60 bits per heavy atom. The molecular weight excluding hydrogens is 287 g/mol. The third kappa shape index (κ3) is 3.26. The van der Waals surface area contributed by atoms with E-state index >= 15 is 0 Å². The maximum absolute atomic E-state index is 13.7. The van der Waals surface area contributed by atoms with E-state index in [1.807, 2.05) is 0 Å². The minimum atomic E-state index is -4.11. The van der Waals surface area contributed by atoms with Crippen molar-refractivity contribution in [3.63, 3.8) is 0 Å². The zero-order valence-corrected chi connectivity index (χ0v) is 12.3. The van der Waals surface area contributed by atoms with E-state index in [2.05, 4.69) is 4.74 Å². The molecule has 0 spiro atoms. The average molecular weight is 304 g/mol. The summed E-state index contributed by atoms with van der Waals surface area (Å²) in [5.74, 6) is -2.15. The molecule has 0 fully saturated rings. The van der Waals surface area contributed by atoms with Gasteiger partial charge in [0.25, 0.3) is 0 Å². The monoisotopic (exact) mass is 304 g/mol. The number of rotatable bonds is 5. The van der Waals surface area contributed by atoms with Crippen LogP contribution in [0.3, 0.4) is 0 Å². The molecule has 1 rings (SSSR count). The third-order valence-electron chi connectivity index (χ3n) is 2.80. The molecule has 8 heteroatoms. The lowest BCUT2D eigenvalue weighted by molar-refractivity contribution is -0.144. The molecule has 0 amide bonds. The number of hydrogen-bond donors (Lipinski definition) is 1. The van der Waals surface area contributed by atoms with Gasteiger partial charge >= 0.3 is 5.97 Å². The molecule has 0 aliphatic carbocycles. The molecule has 0 radical (unpaired) electrons. The van der Waals surface area contributed by atoms with Crippen molar-refractivity contribution in [2.45, 2.75) is 11.8 Å². The van der Waals surface area contributed by atoms with Gasteiger partial charge in [-0.3, -0.25) is 4.79 Å². The Morgan fingerprint density at radius 1 is 1.50 bits per heavy atom. The lowest BCUT2D eigenvalue weighted by atomic mass is 10.2. The predicted molar refractivity (Wildman–Crippen MR) is 71.8 cm³/mol. The van der Waals surface area contributed by atoms with Gasteiger partial charge in [0, 0.05) is 13.6 Å². The molecule has 2 N–H and O–H groups in total. The Hall–Kier alpha value is -1.67. The van der Waals surface area contributed by atoms with Crippen molar-refractivity contribution in [2.75, 3.05) is 26.4 Å². The van der Waals surface area contributed by atoms with Gasteiger partial charge in [-0.1, -0.05) is 13.0 Å². The zero-order chi connectivity index (χ0) is 15.5. The van der Waals surface area contributed by atoms with Crippen LogP contribution in [0, 0.1) is 11.7 Å². The second-order valence-electron chi connectivity index (χ2n) is 4.37. The molecule has 112 valence electrons. The summed E-state index contributed by atoms with van der Waals surface area (Å²) in [6.45, 7) is 1.38. The highest BCUT2D eigenvalue weighted by molar-refractivity contribution is 7.89. The van der Waals surface area contributed by atoms with E-state index in [-0.39, 0.29) is 12.2 Å². The van der Waals surface area contributed by atoms with Crippen LogP contribution < -0.4 is 5.73 Å². The Bertz CT molecular complexity index is 583.